The van der Waals surface area contributed by atoms with E-state index in [0.29, 0.717) is 17.7 Å². The zero-order valence-corrected chi connectivity index (χ0v) is 27.7. The summed E-state index contributed by atoms with van der Waals surface area (Å²) in [5, 5.41) is 13.0. The van der Waals surface area contributed by atoms with E-state index in [1.807, 2.05) is 60.7 Å². The number of ether oxygens (including phenoxy) is 2. The van der Waals surface area contributed by atoms with Crippen LogP contribution in [0.2, 0.25) is 0 Å². The topological polar surface area (TPSA) is 129 Å². The van der Waals surface area contributed by atoms with Crippen LogP contribution in [-0.4, -0.2) is 90.3 Å². The Bertz CT molecular complexity index is 1570. The number of nitrogens with one attached hydrogen (secondary N) is 1. The largest absolute Gasteiger partial charge is 0.455 e. The Kier molecular flexibility index (Phi) is 9.70. The first kappa shape index (κ1) is 33.4. The van der Waals surface area contributed by atoms with Crippen LogP contribution in [0, 0.1) is 11.8 Å². The number of β-amino-alcohol motifs (C(OH)–C–C–N with tert-alkyl or cyclic N) is 1. The van der Waals surface area contributed by atoms with Crippen molar-refractivity contribution in [3.63, 3.8) is 0 Å². The quantitative estimate of drug-likeness (QED) is 0.344. The number of rotatable bonds is 7. The van der Waals surface area contributed by atoms with Crippen LogP contribution >= 0.6 is 0 Å². The molecule has 1 spiro atoms. The van der Waals surface area contributed by atoms with Crippen molar-refractivity contribution in [1.82, 2.24) is 10.2 Å². The second-order valence-corrected chi connectivity index (χ2v) is 12.7. The molecule has 11 heteroatoms. The standard InChI is InChI=1S/C37H44N4O7/c1-4-39(5-2)26-16-18-27(19-17-26)40-21-11-20-37-31(34(44)41(22-23-42)33(37)35(40)45)30-28(48-37)14-9-10-15-29(43)38-24(3)32(47-36(30)46)25-12-7-6-8-13-25/h6-9,11-14,16-20,24,28,30-33,42H,4-5,10,15,21-23H2,1-3H3,(H,38,43)/b14-9-/t24-,28-,30+,31+,32+,33-,37+/m0/s1. The molecule has 2 fully saturated rings. The molecule has 2 saturated heterocycles. The molecule has 11 nitrogen and oxygen atoms in total. The monoisotopic (exact) mass is 656 g/mol. The first-order chi connectivity index (χ1) is 23.2. The van der Waals surface area contributed by atoms with Crippen molar-refractivity contribution in [2.75, 3.05) is 42.6 Å². The average molecular weight is 657 g/mol. The summed E-state index contributed by atoms with van der Waals surface area (Å²) >= 11 is 0. The Balaban J connectivity index is 1.39. The number of carbonyl (C=O) groups is 4. The van der Waals surface area contributed by atoms with E-state index in [1.54, 1.807) is 30.1 Å². The van der Waals surface area contributed by atoms with E-state index in [0.717, 1.165) is 18.8 Å². The smallest absolute Gasteiger partial charge is 0.313 e. The first-order valence-corrected chi connectivity index (χ1v) is 16.9. The number of likely N-dealkylation sites (tertiary alicyclic amines) is 1. The van der Waals surface area contributed by atoms with Crippen molar-refractivity contribution < 1.29 is 33.8 Å². The van der Waals surface area contributed by atoms with Gasteiger partial charge in [0.15, 0.2) is 0 Å². The summed E-state index contributed by atoms with van der Waals surface area (Å²) in [6.45, 7) is 7.41. The van der Waals surface area contributed by atoms with Crippen LogP contribution in [0.3, 0.4) is 0 Å². The average Bonchev–Trinajstić information content (AvgIpc) is 3.47. The summed E-state index contributed by atoms with van der Waals surface area (Å²) in [6.07, 6.45) is 5.96. The van der Waals surface area contributed by atoms with E-state index in [1.165, 1.54) is 4.90 Å². The predicted octanol–water partition coefficient (Wildman–Crippen LogP) is 3.15. The number of nitrogens with zero attached hydrogens (tertiary/aromatic N) is 3. The second kappa shape index (κ2) is 13.9. The number of aliphatic hydroxyl groups is 1. The minimum atomic E-state index is -1.49. The zero-order valence-electron chi connectivity index (χ0n) is 27.7. The lowest BCUT2D eigenvalue weighted by molar-refractivity contribution is -0.161. The molecule has 2 N–H and O–H groups in total. The Hall–Kier alpha value is -4.48. The summed E-state index contributed by atoms with van der Waals surface area (Å²) in [5.41, 5.74) is 0.912. The number of aliphatic hydroxyl groups excluding tert-OH is 1. The highest BCUT2D eigenvalue weighted by molar-refractivity contribution is 6.05. The van der Waals surface area contributed by atoms with E-state index in [-0.39, 0.29) is 37.9 Å². The normalized spacial score (nSPS) is 31.1. The van der Waals surface area contributed by atoms with Crippen molar-refractivity contribution in [3.8, 4) is 0 Å². The van der Waals surface area contributed by atoms with Crippen LogP contribution in [0.15, 0.2) is 78.9 Å². The fraction of sp³-hybridized carbons (Fsp3) is 0.459. The molecule has 0 unspecified atom stereocenters. The molecule has 2 aromatic rings. The number of hydrogen-bond acceptors (Lipinski definition) is 8. The van der Waals surface area contributed by atoms with Crippen molar-refractivity contribution >= 4 is 35.1 Å². The number of carbonyl (C=O) groups excluding carboxylic acids is 4. The lowest BCUT2D eigenvalue weighted by Crippen LogP contribution is -2.55. The van der Waals surface area contributed by atoms with E-state index in [9.17, 15) is 24.3 Å². The molecule has 7 atom stereocenters. The third kappa shape index (κ3) is 5.90. The lowest BCUT2D eigenvalue weighted by atomic mass is 9.77. The Morgan fingerprint density at radius 2 is 1.71 bits per heavy atom. The van der Waals surface area contributed by atoms with Gasteiger partial charge in [-0.1, -0.05) is 54.6 Å². The molecule has 254 valence electrons. The summed E-state index contributed by atoms with van der Waals surface area (Å²) < 4.78 is 12.9. The van der Waals surface area contributed by atoms with Gasteiger partial charge in [0.05, 0.1) is 24.7 Å². The van der Waals surface area contributed by atoms with Gasteiger partial charge in [0.2, 0.25) is 11.8 Å². The number of benzene rings is 2. The molecular formula is C37H44N4O7. The number of allylic oxidation sites excluding steroid dienone is 1. The predicted molar refractivity (Wildman–Crippen MR) is 180 cm³/mol. The van der Waals surface area contributed by atoms with Gasteiger partial charge >= 0.3 is 5.97 Å². The minimum absolute atomic E-state index is 0.0998. The van der Waals surface area contributed by atoms with Gasteiger partial charge in [0, 0.05) is 44.0 Å². The molecule has 0 radical (unpaired) electrons. The van der Waals surface area contributed by atoms with Crippen molar-refractivity contribution in [1.29, 1.82) is 0 Å². The molecule has 0 saturated carbocycles. The van der Waals surface area contributed by atoms with Crippen molar-refractivity contribution in [2.24, 2.45) is 11.8 Å². The number of cyclic esters (lactones) is 1. The number of hydrogen-bond donors (Lipinski definition) is 2. The van der Waals surface area contributed by atoms with Crippen LogP contribution < -0.4 is 15.1 Å². The number of fused-ring (bicyclic) bond motifs is 2. The SMILES string of the molecule is CCN(CC)c1ccc(N2CC=C[C@@]34O[C@H]5/C=C\CCC(=O)N[C@@H](C)[C@H](c6ccccc6)OC(=O)[C@H]5[C@@H]3C(=O)N(CCO)[C@H]4C2=O)cc1. The van der Waals surface area contributed by atoms with Gasteiger partial charge in [-0.15, -0.1) is 0 Å². The lowest BCUT2D eigenvalue weighted by Gasteiger charge is -2.35. The highest BCUT2D eigenvalue weighted by Crippen LogP contribution is 2.53. The highest BCUT2D eigenvalue weighted by Gasteiger charge is 2.71. The molecule has 0 bridgehead atoms. The van der Waals surface area contributed by atoms with Crippen molar-refractivity contribution in [3.05, 3.63) is 84.5 Å². The molecule has 6 rings (SSSR count). The van der Waals surface area contributed by atoms with Crippen LogP contribution in [0.1, 0.15) is 45.3 Å². The van der Waals surface area contributed by atoms with Gasteiger partial charge in [-0.3, -0.25) is 19.2 Å². The van der Waals surface area contributed by atoms with Crippen LogP contribution in [-0.2, 0) is 28.7 Å². The summed E-state index contributed by atoms with van der Waals surface area (Å²) in [5.74, 6) is -3.81. The molecule has 2 aromatic carbocycles. The summed E-state index contributed by atoms with van der Waals surface area (Å²) in [6, 6.07) is 15.2. The van der Waals surface area contributed by atoms with E-state index in [4.69, 9.17) is 9.47 Å². The number of anilines is 2. The van der Waals surface area contributed by atoms with Crippen LogP contribution in [0.5, 0.6) is 0 Å². The Morgan fingerprint density at radius 3 is 2.40 bits per heavy atom. The van der Waals surface area contributed by atoms with Crippen LogP contribution in [0.4, 0.5) is 11.4 Å². The van der Waals surface area contributed by atoms with E-state index in [2.05, 4.69) is 24.1 Å². The molecular weight excluding hydrogens is 612 g/mol. The summed E-state index contributed by atoms with van der Waals surface area (Å²) in [7, 11) is 0. The number of esters is 1. The third-order valence-electron chi connectivity index (χ3n) is 9.97. The Labute approximate surface area is 281 Å². The molecule has 4 heterocycles. The van der Waals surface area contributed by atoms with Gasteiger partial charge in [-0.25, -0.2) is 0 Å². The molecule has 0 aromatic heterocycles. The van der Waals surface area contributed by atoms with E-state index >= 15 is 0 Å². The fourth-order valence-electron chi connectivity index (χ4n) is 7.72. The number of amides is 3. The van der Waals surface area contributed by atoms with Gasteiger partial charge in [-0.05, 0) is 57.0 Å². The molecule has 0 aliphatic carbocycles. The molecule has 4 aliphatic heterocycles. The van der Waals surface area contributed by atoms with Crippen molar-refractivity contribution in [2.45, 2.75) is 63.5 Å². The molecule has 48 heavy (non-hydrogen) atoms. The maximum absolute atomic E-state index is 14.6. The van der Waals surface area contributed by atoms with Gasteiger partial charge in [0.25, 0.3) is 5.91 Å². The van der Waals surface area contributed by atoms with E-state index < -0.39 is 53.6 Å². The summed E-state index contributed by atoms with van der Waals surface area (Å²) in [4.78, 5) is 61.3. The molecule has 3 amide bonds. The Morgan fingerprint density at radius 1 is 0.979 bits per heavy atom. The third-order valence-corrected chi connectivity index (χ3v) is 9.97. The fourth-order valence-corrected chi connectivity index (χ4v) is 7.72. The molecule has 4 aliphatic rings. The van der Waals surface area contributed by atoms with Crippen LogP contribution in [0.25, 0.3) is 0 Å². The maximum atomic E-state index is 14.6. The minimum Gasteiger partial charge on any atom is -0.455 e. The van der Waals surface area contributed by atoms with Gasteiger partial charge < -0.3 is 34.6 Å². The van der Waals surface area contributed by atoms with Gasteiger partial charge in [0.1, 0.15) is 23.7 Å². The maximum Gasteiger partial charge on any atom is 0.313 e. The highest BCUT2D eigenvalue weighted by atomic mass is 16.6. The first-order valence-electron chi connectivity index (χ1n) is 16.9. The van der Waals surface area contributed by atoms with Gasteiger partial charge in [-0.2, -0.15) is 0 Å². The second-order valence-electron chi connectivity index (χ2n) is 12.7. The zero-order chi connectivity index (χ0) is 34.0.